The number of nitrogens with two attached hydrogens (primary N) is 1. The molecule has 0 aromatic carbocycles. The maximum atomic E-state index is 12.9. The topological polar surface area (TPSA) is 63.8 Å². The van der Waals surface area contributed by atoms with E-state index in [1.54, 1.807) is 6.08 Å². The second kappa shape index (κ2) is 9.62. The highest BCUT2D eigenvalue weighted by atomic mass is 35.5. The van der Waals surface area contributed by atoms with E-state index in [4.69, 9.17) is 17.3 Å². The number of anilines is 2. The van der Waals surface area contributed by atoms with Crippen LogP contribution in [0, 0.1) is 5.92 Å². The molecule has 0 radical (unpaired) electrons. The lowest BCUT2D eigenvalue weighted by Crippen LogP contribution is -2.06. The first kappa shape index (κ1) is 21.1. The quantitative estimate of drug-likeness (QED) is 0.499. The Morgan fingerprint density at radius 3 is 2.74 bits per heavy atom. The number of thiazole rings is 1. The maximum absolute atomic E-state index is 12.9. The number of hydrogen-bond acceptors (Lipinski definition) is 5. The van der Waals surface area contributed by atoms with Crippen LogP contribution in [0.15, 0.2) is 48.0 Å². The van der Waals surface area contributed by atoms with Crippen LogP contribution < -0.4 is 11.1 Å². The zero-order valence-electron chi connectivity index (χ0n) is 15.0. The Morgan fingerprint density at radius 2 is 2.11 bits per heavy atom. The molecule has 0 spiro atoms. The first-order chi connectivity index (χ1) is 12.8. The van der Waals surface area contributed by atoms with Crippen molar-refractivity contribution in [2.45, 2.75) is 26.7 Å². The molecule has 0 aliphatic rings. The molecule has 2 aromatic rings. The van der Waals surface area contributed by atoms with Crippen molar-refractivity contribution in [2.24, 2.45) is 11.7 Å². The van der Waals surface area contributed by atoms with Crippen molar-refractivity contribution in [3.8, 4) is 0 Å². The fourth-order valence-electron chi connectivity index (χ4n) is 2.10. The Labute approximate surface area is 166 Å². The molecule has 4 nitrogen and oxygen atoms in total. The average Bonchev–Trinajstić information content (AvgIpc) is 3.11. The minimum Gasteiger partial charge on any atom is -0.402 e. The summed E-state index contributed by atoms with van der Waals surface area (Å²) in [6, 6.07) is 2.90. The maximum Gasteiger partial charge on any atom is 0.281 e. The fraction of sp³-hybridized carbons (Fsp3) is 0.263. The number of nitrogens with zero attached hydrogens (tertiary/aromatic N) is 2. The summed E-state index contributed by atoms with van der Waals surface area (Å²) in [4.78, 5) is 8.30. The van der Waals surface area contributed by atoms with Gasteiger partial charge in [0.05, 0.1) is 10.7 Å². The molecule has 1 atom stereocenters. The van der Waals surface area contributed by atoms with Gasteiger partial charge in [0.25, 0.3) is 6.43 Å². The summed E-state index contributed by atoms with van der Waals surface area (Å²) in [6.45, 7) is 7.95. The van der Waals surface area contributed by atoms with Gasteiger partial charge in [0.1, 0.15) is 11.5 Å². The first-order valence-electron chi connectivity index (χ1n) is 8.33. The van der Waals surface area contributed by atoms with Gasteiger partial charge in [-0.25, -0.2) is 18.7 Å². The van der Waals surface area contributed by atoms with Gasteiger partial charge in [-0.05, 0) is 30.5 Å². The molecular weight excluding hydrogens is 390 g/mol. The predicted molar refractivity (Wildman–Crippen MR) is 110 cm³/mol. The lowest BCUT2D eigenvalue weighted by Gasteiger charge is -2.07. The zero-order chi connectivity index (χ0) is 20.0. The van der Waals surface area contributed by atoms with Gasteiger partial charge in [-0.3, -0.25) is 0 Å². The van der Waals surface area contributed by atoms with Gasteiger partial charge in [-0.15, -0.1) is 11.3 Å². The molecule has 0 fully saturated rings. The van der Waals surface area contributed by atoms with E-state index in [1.807, 2.05) is 17.5 Å². The standard InChI is InChI=1S/C19H21ClF2N4S/c1-4-11(3)14(23)8-6-12(5-2)15-10-27-19(24-15)26-16-9-7-13(20)17(25-16)18(21)22/h5-11,18H,2,4,23H2,1,3H3,(H,24,25,26)/b12-6+,14-8+. The number of alkyl halides is 2. The number of hydrogen-bond donors (Lipinski definition) is 2. The van der Waals surface area contributed by atoms with Gasteiger partial charge in [-0.2, -0.15) is 0 Å². The predicted octanol–water partition coefficient (Wildman–Crippen LogP) is 6.33. The van der Waals surface area contributed by atoms with Crippen molar-refractivity contribution in [1.82, 2.24) is 9.97 Å². The third-order valence-electron chi connectivity index (χ3n) is 3.97. The van der Waals surface area contributed by atoms with E-state index < -0.39 is 12.1 Å². The number of allylic oxidation sites excluding steroid dienone is 5. The summed E-state index contributed by atoms with van der Waals surface area (Å²) in [6.07, 6.45) is 3.62. The molecule has 0 saturated carbocycles. The molecule has 0 bridgehead atoms. The molecule has 3 N–H and O–H groups in total. The Balaban J connectivity index is 2.20. The minimum atomic E-state index is -2.75. The van der Waals surface area contributed by atoms with Crippen molar-refractivity contribution < 1.29 is 8.78 Å². The number of pyridine rings is 1. The molecule has 144 valence electrons. The third-order valence-corrected chi connectivity index (χ3v) is 5.05. The van der Waals surface area contributed by atoms with Crippen LogP contribution in [0.5, 0.6) is 0 Å². The highest BCUT2D eigenvalue weighted by molar-refractivity contribution is 7.13. The number of halogens is 3. The molecule has 0 aliphatic carbocycles. The lowest BCUT2D eigenvalue weighted by atomic mass is 10.0. The smallest absolute Gasteiger partial charge is 0.281 e. The van der Waals surface area contributed by atoms with Gasteiger partial charge in [0.15, 0.2) is 5.13 Å². The average molecular weight is 411 g/mol. The van der Waals surface area contributed by atoms with E-state index in [1.165, 1.54) is 23.5 Å². The van der Waals surface area contributed by atoms with Gasteiger partial charge < -0.3 is 11.1 Å². The van der Waals surface area contributed by atoms with E-state index >= 15 is 0 Å². The van der Waals surface area contributed by atoms with E-state index in [9.17, 15) is 8.78 Å². The molecule has 2 rings (SSSR count). The molecule has 0 aliphatic heterocycles. The van der Waals surface area contributed by atoms with E-state index in [2.05, 4.69) is 35.7 Å². The normalized spacial score (nSPS) is 13.7. The highest BCUT2D eigenvalue weighted by Gasteiger charge is 2.15. The van der Waals surface area contributed by atoms with Crippen LogP contribution in [0.1, 0.15) is 38.1 Å². The van der Waals surface area contributed by atoms with Crippen molar-refractivity contribution >= 4 is 39.5 Å². The summed E-state index contributed by atoms with van der Waals surface area (Å²) in [5.74, 6) is 0.542. The zero-order valence-corrected chi connectivity index (χ0v) is 16.6. The molecule has 27 heavy (non-hydrogen) atoms. The Bertz CT molecular complexity index is 861. The van der Waals surface area contributed by atoms with Crippen LogP contribution in [0.2, 0.25) is 5.02 Å². The molecule has 8 heteroatoms. The molecular formula is C19H21ClF2N4S. The van der Waals surface area contributed by atoms with Crippen molar-refractivity contribution in [2.75, 3.05) is 5.32 Å². The first-order valence-corrected chi connectivity index (χ1v) is 9.58. The SMILES string of the molecule is C=C/C(=C\C=C(\N)C(C)CC)c1csc(Nc2ccc(Cl)c(C(F)F)n2)n1. The lowest BCUT2D eigenvalue weighted by molar-refractivity contribution is 0.146. The Kier molecular flexibility index (Phi) is 7.50. The van der Waals surface area contributed by atoms with Gasteiger partial charge in [0.2, 0.25) is 0 Å². The van der Waals surface area contributed by atoms with Gasteiger partial charge in [-0.1, -0.05) is 44.2 Å². The van der Waals surface area contributed by atoms with E-state index in [0.717, 1.165) is 17.7 Å². The molecule has 0 amide bonds. The number of aromatic nitrogens is 2. The van der Waals surface area contributed by atoms with Crippen molar-refractivity contribution in [1.29, 1.82) is 0 Å². The Hall–Kier alpha value is -2.25. The van der Waals surface area contributed by atoms with Gasteiger partial charge >= 0.3 is 0 Å². The minimum absolute atomic E-state index is 0.0714. The number of rotatable bonds is 8. The fourth-order valence-corrected chi connectivity index (χ4v) is 3.01. The molecule has 2 aromatic heterocycles. The summed E-state index contributed by atoms with van der Waals surface area (Å²) in [7, 11) is 0. The van der Waals surface area contributed by atoms with Crippen molar-refractivity contribution in [3.63, 3.8) is 0 Å². The molecule has 2 heterocycles. The van der Waals surface area contributed by atoms with Crippen LogP contribution >= 0.6 is 22.9 Å². The highest BCUT2D eigenvalue weighted by Crippen LogP contribution is 2.29. The van der Waals surface area contributed by atoms with E-state index in [-0.39, 0.29) is 10.8 Å². The van der Waals surface area contributed by atoms with Crippen LogP contribution in [0.4, 0.5) is 19.7 Å². The summed E-state index contributed by atoms with van der Waals surface area (Å²) >= 11 is 7.06. The monoisotopic (exact) mass is 410 g/mol. The van der Waals surface area contributed by atoms with Crippen molar-refractivity contribution in [3.05, 3.63) is 64.4 Å². The van der Waals surface area contributed by atoms with Gasteiger partial charge in [0, 0.05) is 16.7 Å². The van der Waals surface area contributed by atoms with Crippen LogP contribution in [0.25, 0.3) is 5.57 Å². The second-order valence-corrected chi connectivity index (χ2v) is 7.09. The molecule has 0 saturated heterocycles. The summed E-state index contributed by atoms with van der Waals surface area (Å²) in [5, 5.41) is 5.21. The van der Waals surface area contributed by atoms with Crippen LogP contribution in [-0.2, 0) is 0 Å². The van der Waals surface area contributed by atoms with E-state index in [0.29, 0.717) is 16.7 Å². The largest absolute Gasteiger partial charge is 0.402 e. The number of nitrogens with one attached hydrogen (secondary N) is 1. The summed E-state index contributed by atoms with van der Waals surface area (Å²) < 4.78 is 25.8. The third kappa shape index (κ3) is 5.61. The second-order valence-electron chi connectivity index (χ2n) is 5.83. The van der Waals surface area contributed by atoms with Crippen LogP contribution in [0.3, 0.4) is 0 Å². The summed E-state index contributed by atoms with van der Waals surface area (Å²) in [5.41, 5.74) is 7.87. The molecule has 1 unspecified atom stereocenters. The Morgan fingerprint density at radius 1 is 1.37 bits per heavy atom. The van der Waals surface area contributed by atoms with Crippen LogP contribution in [-0.4, -0.2) is 9.97 Å².